The lowest BCUT2D eigenvalue weighted by Crippen LogP contribution is -2.29. The van der Waals surface area contributed by atoms with Gasteiger partial charge in [0.2, 0.25) is 0 Å². The Morgan fingerprint density at radius 2 is 1.96 bits per heavy atom. The summed E-state index contributed by atoms with van der Waals surface area (Å²) >= 11 is 0. The zero-order valence-corrected chi connectivity index (χ0v) is 13.5. The summed E-state index contributed by atoms with van der Waals surface area (Å²) in [7, 11) is 1.66. The smallest absolute Gasteiger partial charge is 0.0831 e. The Bertz CT molecular complexity index is 793. The van der Waals surface area contributed by atoms with Crippen molar-refractivity contribution in [3.8, 4) is 0 Å². The first-order chi connectivity index (χ1) is 11.3. The Morgan fingerprint density at radius 1 is 1.17 bits per heavy atom. The van der Waals surface area contributed by atoms with Crippen LogP contribution >= 0.6 is 0 Å². The molecule has 0 saturated heterocycles. The van der Waals surface area contributed by atoms with Gasteiger partial charge in [0.1, 0.15) is 0 Å². The maximum absolute atomic E-state index is 5.08. The molecule has 0 atom stereocenters. The minimum Gasteiger partial charge on any atom is -0.504 e. The molecule has 0 N–H and O–H groups in total. The molecule has 0 spiro atoms. The van der Waals surface area contributed by atoms with Crippen LogP contribution < -0.4 is 5.01 Å². The zero-order chi connectivity index (χ0) is 16.1. The van der Waals surface area contributed by atoms with Crippen molar-refractivity contribution in [2.45, 2.75) is 13.3 Å². The maximum Gasteiger partial charge on any atom is 0.0831 e. The fraction of sp³-hybridized carbons (Fsp3) is 0.211. The summed E-state index contributed by atoms with van der Waals surface area (Å²) in [6.45, 7) is 3.11. The van der Waals surface area contributed by atoms with E-state index in [1.807, 2.05) is 30.6 Å². The molecule has 0 aliphatic carbocycles. The fourth-order valence-corrected chi connectivity index (χ4v) is 2.75. The number of ether oxygens (including phenoxy) is 1. The summed E-state index contributed by atoms with van der Waals surface area (Å²) < 4.78 is 7.30. The predicted molar refractivity (Wildman–Crippen MR) is 95.3 cm³/mol. The van der Waals surface area contributed by atoms with Crippen molar-refractivity contribution < 1.29 is 4.74 Å². The summed E-state index contributed by atoms with van der Waals surface area (Å²) in [5.41, 5.74) is 3.44. The van der Waals surface area contributed by atoms with Gasteiger partial charge in [0, 0.05) is 36.1 Å². The van der Waals surface area contributed by atoms with E-state index in [9.17, 15) is 0 Å². The molecular formula is C19H21N3O. The standard InChI is InChI=1S/C19H21N3O/c1-3-13-21(17-8-11-20-12-9-17)22-15-16(10-14-23-2)18-6-4-5-7-19(18)22/h4-12,14-15H,3,13H2,1-2H3. The molecule has 0 bridgehead atoms. The summed E-state index contributed by atoms with van der Waals surface area (Å²) in [5.74, 6) is 0. The van der Waals surface area contributed by atoms with Crippen LogP contribution in [-0.2, 0) is 4.74 Å². The molecule has 1 aromatic carbocycles. The van der Waals surface area contributed by atoms with E-state index in [0.29, 0.717) is 0 Å². The van der Waals surface area contributed by atoms with Gasteiger partial charge in [-0.05, 0) is 30.7 Å². The highest BCUT2D eigenvalue weighted by molar-refractivity contribution is 5.90. The molecule has 23 heavy (non-hydrogen) atoms. The molecule has 0 aliphatic heterocycles. The SMILES string of the molecule is CCCN(c1ccncc1)n1cc(C=COC)c2ccccc21. The second-order valence-corrected chi connectivity index (χ2v) is 5.31. The minimum atomic E-state index is 0.927. The molecule has 3 rings (SSSR count). The first-order valence-electron chi connectivity index (χ1n) is 7.82. The van der Waals surface area contributed by atoms with Crippen LogP contribution in [0.2, 0.25) is 0 Å². The fourth-order valence-electron chi connectivity index (χ4n) is 2.75. The summed E-state index contributed by atoms with van der Waals surface area (Å²) in [5, 5.41) is 3.48. The lowest BCUT2D eigenvalue weighted by molar-refractivity contribution is 0.341. The average molecular weight is 307 g/mol. The lowest BCUT2D eigenvalue weighted by Gasteiger charge is -2.26. The van der Waals surface area contributed by atoms with Crippen molar-refractivity contribution in [2.75, 3.05) is 18.7 Å². The van der Waals surface area contributed by atoms with E-state index in [-0.39, 0.29) is 0 Å². The van der Waals surface area contributed by atoms with Gasteiger partial charge in [-0.3, -0.25) is 14.7 Å². The van der Waals surface area contributed by atoms with E-state index in [4.69, 9.17) is 4.74 Å². The van der Waals surface area contributed by atoms with Crippen LogP contribution in [0.15, 0.2) is 61.3 Å². The number of methoxy groups -OCH3 is 1. The normalized spacial score (nSPS) is 11.2. The van der Waals surface area contributed by atoms with Crippen LogP contribution in [0.25, 0.3) is 17.0 Å². The monoisotopic (exact) mass is 307 g/mol. The number of fused-ring (bicyclic) bond motifs is 1. The third-order valence-electron chi connectivity index (χ3n) is 3.76. The van der Waals surface area contributed by atoms with Crippen LogP contribution in [0.3, 0.4) is 0 Å². The first-order valence-corrected chi connectivity index (χ1v) is 7.82. The first kappa shape index (κ1) is 15.2. The highest BCUT2D eigenvalue weighted by Gasteiger charge is 2.13. The van der Waals surface area contributed by atoms with Crippen LogP contribution in [0.1, 0.15) is 18.9 Å². The molecule has 0 saturated carbocycles. The van der Waals surface area contributed by atoms with Crippen LogP contribution in [-0.4, -0.2) is 23.3 Å². The molecule has 0 aliphatic rings. The molecule has 0 fully saturated rings. The topological polar surface area (TPSA) is 30.3 Å². The van der Waals surface area contributed by atoms with Gasteiger partial charge in [-0.2, -0.15) is 0 Å². The van der Waals surface area contributed by atoms with Crippen molar-refractivity contribution >= 4 is 22.7 Å². The van der Waals surface area contributed by atoms with E-state index in [0.717, 1.165) is 24.2 Å². The van der Waals surface area contributed by atoms with Gasteiger partial charge in [-0.15, -0.1) is 0 Å². The third kappa shape index (κ3) is 3.06. The quantitative estimate of drug-likeness (QED) is 0.635. The number of rotatable bonds is 6. The van der Waals surface area contributed by atoms with E-state index in [2.05, 4.69) is 52.1 Å². The van der Waals surface area contributed by atoms with Crippen molar-refractivity contribution in [2.24, 2.45) is 0 Å². The largest absolute Gasteiger partial charge is 0.504 e. The number of pyridine rings is 1. The van der Waals surface area contributed by atoms with E-state index >= 15 is 0 Å². The molecule has 118 valence electrons. The highest BCUT2D eigenvalue weighted by Crippen LogP contribution is 2.26. The van der Waals surface area contributed by atoms with Gasteiger partial charge >= 0.3 is 0 Å². The molecule has 2 aromatic heterocycles. The van der Waals surface area contributed by atoms with Gasteiger partial charge in [-0.25, -0.2) is 0 Å². The molecule has 3 aromatic rings. The molecule has 2 heterocycles. The lowest BCUT2D eigenvalue weighted by atomic mass is 10.2. The van der Waals surface area contributed by atoms with Crippen LogP contribution in [0.4, 0.5) is 5.69 Å². The number of benzene rings is 1. The van der Waals surface area contributed by atoms with Gasteiger partial charge in [-0.1, -0.05) is 25.1 Å². The summed E-state index contributed by atoms with van der Waals surface area (Å²) in [6.07, 6.45) is 10.6. The molecule has 0 amide bonds. The van der Waals surface area contributed by atoms with Gasteiger partial charge in [0.15, 0.2) is 0 Å². The second-order valence-electron chi connectivity index (χ2n) is 5.31. The van der Waals surface area contributed by atoms with Gasteiger partial charge in [0.05, 0.1) is 24.6 Å². The number of hydrogen-bond donors (Lipinski definition) is 0. The highest BCUT2D eigenvalue weighted by atomic mass is 16.5. The predicted octanol–water partition coefficient (Wildman–Crippen LogP) is 4.33. The number of nitrogens with zero attached hydrogens (tertiary/aromatic N) is 3. The van der Waals surface area contributed by atoms with E-state index < -0.39 is 0 Å². The average Bonchev–Trinajstić information content (AvgIpc) is 2.97. The van der Waals surface area contributed by atoms with Gasteiger partial charge < -0.3 is 4.74 Å². The second kappa shape index (κ2) is 7.01. The van der Waals surface area contributed by atoms with Crippen molar-refractivity contribution in [1.82, 2.24) is 9.66 Å². The van der Waals surface area contributed by atoms with E-state index in [1.165, 1.54) is 10.9 Å². The molecule has 4 heteroatoms. The van der Waals surface area contributed by atoms with Gasteiger partial charge in [0.25, 0.3) is 0 Å². The Morgan fingerprint density at radius 3 is 2.70 bits per heavy atom. The maximum atomic E-state index is 5.08. The number of aromatic nitrogens is 2. The van der Waals surface area contributed by atoms with Crippen LogP contribution in [0.5, 0.6) is 0 Å². The van der Waals surface area contributed by atoms with Crippen LogP contribution in [0, 0.1) is 0 Å². The molecule has 0 unspecified atom stereocenters. The molecule has 4 nitrogen and oxygen atoms in total. The molecule has 0 radical (unpaired) electrons. The number of para-hydroxylation sites is 1. The number of anilines is 1. The Labute approximate surface area is 136 Å². The van der Waals surface area contributed by atoms with Crippen molar-refractivity contribution in [3.05, 3.63) is 66.8 Å². The minimum absolute atomic E-state index is 0.927. The number of hydrogen-bond acceptors (Lipinski definition) is 3. The Balaban J connectivity index is 2.15. The Kier molecular flexibility index (Phi) is 4.62. The zero-order valence-electron chi connectivity index (χ0n) is 13.5. The Hall–Kier alpha value is -2.75. The third-order valence-corrected chi connectivity index (χ3v) is 3.76. The van der Waals surface area contributed by atoms with E-state index in [1.54, 1.807) is 13.4 Å². The summed E-state index contributed by atoms with van der Waals surface area (Å²) in [4.78, 5) is 4.13. The van der Waals surface area contributed by atoms with Crippen molar-refractivity contribution in [3.63, 3.8) is 0 Å². The summed E-state index contributed by atoms with van der Waals surface area (Å²) in [6, 6.07) is 12.5. The molecular weight excluding hydrogens is 286 g/mol. The van der Waals surface area contributed by atoms with Crippen molar-refractivity contribution in [1.29, 1.82) is 0 Å².